The van der Waals surface area contributed by atoms with Gasteiger partial charge in [0.25, 0.3) is 0 Å². The Morgan fingerprint density at radius 3 is 2.20 bits per heavy atom. The largest absolute Gasteiger partial charge is 0.481 e. The van der Waals surface area contributed by atoms with Gasteiger partial charge in [-0.2, -0.15) is 4.31 Å². The first-order valence-electron chi connectivity index (χ1n) is 21.0. The fourth-order valence-corrected chi connectivity index (χ4v) is 10.1. The number of imidazole rings is 1. The van der Waals surface area contributed by atoms with Gasteiger partial charge >= 0.3 is 23.5 Å². The number of phosphoric ester groups is 3. The lowest BCUT2D eigenvalue weighted by Crippen LogP contribution is -2.46. The molecule has 0 aromatic carbocycles. The number of hydrogen-bond donors (Lipinski definition) is 9. The number of aliphatic hydroxyl groups excluding tert-OH is 2. The standard InChI is InChI=1S/C36H64N7O17P3S/c1-5-6-7-8-9-10-11-12-13-14-15-24(2)35(48)64-19-18-38-26(44)16-17-39-33(47)30(46)36(3,4)21-57-63(54,55)60-62(52,53)56-20-25-29(59-61(49,50)51)28(45)34(58-25)43-23-42-27-31(37)40-22-41-32(27)43/h22-25,28-30,34,45-46H,5-21H2,1-4H3,(H,38,44)(H,39,47)(H,52,53)(H,54,55)(H2,37,40,41)(H2,49,50,51)/t24-,25+,28+,29+,30-,34+/m0/s1. The molecule has 28 heteroatoms. The Balaban J connectivity index is 1.36. The molecule has 0 bridgehead atoms. The third kappa shape index (κ3) is 19.0. The van der Waals surface area contributed by atoms with E-state index in [0.29, 0.717) is 5.75 Å². The van der Waals surface area contributed by atoms with Crippen LogP contribution in [0.5, 0.6) is 0 Å². The van der Waals surface area contributed by atoms with Crippen LogP contribution in [0.1, 0.15) is 111 Å². The van der Waals surface area contributed by atoms with Crippen molar-refractivity contribution in [1.82, 2.24) is 30.2 Å². The second-order valence-corrected chi connectivity index (χ2v) is 21.4. The fourth-order valence-electron chi connectivity index (χ4n) is 6.48. The number of nitrogens with one attached hydrogen (secondary N) is 2. The third-order valence-corrected chi connectivity index (χ3v) is 14.3. The summed E-state index contributed by atoms with van der Waals surface area (Å²) in [6.07, 6.45) is 6.19. The summed E-state index contributed by atoms with van der Waals surface area (Å²) >= 11 is 1.16. The van der Waals surface area contributed by atoms with Gasteiger partial charge in [-0.3, -0.25) is 32.5 Å². The molecular formula is C36H64N7O17P3S. The van der Waals surface area contributed by atoms with Crippen molar-refractivity contribution in [2.75, 3.05) is 37.8 Å². The van der Waals surface area contributed by atoms with Crippen LogP contribution in [0, 0.1) is 11.3 Å². The van der Waals surface area contributed by atoms with E-state index in [2.05, 4.69) is 41.3 Å². The van der Waals surface area contributed by atoms with Crippen molar-refractivity contribution in [2.45, 2.75) is 135 Å². The van der Waals surface area contributed by atoms with Crippen LogP contribution in [0.15, 0.2) is 12.7 Å². The number of thioether (sulfide) groups is 1. The molecule has 1 fully saturated rings. The van der Waals surface area contributed by atoms with Gasteiger partial charge in [0.2, 0.25) is 11.8 Å². The number of rotatable bonds is 31. The van der Waals surface area contributed by atoms with Crippen molar-refractivity contribution < 1.29 is 80.5 Å². The lowest BCUT2D eigenvalue weighted by Gasteiger charge is -2.30. The van der Waals surface area contributed by atoms with Gasteiger partial charge in [0.15, 0.2) is 22.8 Å². The molecule has 10 N–H and O–H groups in total. The van der Waals surface area contributed by atoms with Crippen molar-refractivity contribution in [3.8, 4) is 0 Å². The Morgan fingerprint density at radius 2 is 1.56 bits per heavy atom. The van der Waals surface area contributed by atoms with E-state index < -0.39 is 84.6 Å². The van der Waals surface area contributed by atoms with Crippen molar-refractivity contribution in [3.63, 3.8) is 0 Å². The number of amides is 2. The zero-order valence-corrected chi connectivity index (χ0v) is 39.9. The number of carbonyl (C=O) groups excluding carboxylic acids is 3. The predicted octanol–water partition coefficient (Wildman–Crippen LogP) is 3.61. The monoisotopic (exact) mass is 991 g/mol. The minimum absolute atomic E-state index is 0.0333. The summed E-state index contributed by atoms with van der Waals surface area (Å²) in [6, 6.07) is 0. The molecule has 8 atom stereocenters. The number of fused-ring (bicyclic) bond motifs is 1. The highest BCUT2D eigenvalue weighted by molar-refractivity contribution is 8.13. The molecular weight excluding hydrogens is 927 g/mol. The van der Waals surface area contributed by atoms with E-state index in [1.807, 2.05) is 6.92 Å². The zero-order chi connectivity index (χ0) is 47.7. The van der Waals surface area contributed by atoms with E-state index in [-0.39, 0.29) is 47.5 Å². The quantitative estimate of drug-likeness (QED) is 0.0385. The maximum atomic E-state index is 12.7. The molecule has 2 aromatic rings. The molecule has 0 spiro atoms. The normalized spacial score (nSPS) is 21.0. The van der Waals surface area contributed by atoms with Crippen LogP contribution in [0.2, 0.25) is 0 Å². The Hall–Kier alpha value is -2.44. The fraction of sp³-hybridized carbons (Fsp3) is 0.778. The first-order chi connectivity index (χ1) is 30.0. The number of hydrogen-bond acceptors (Lipinski definition) is 18. The van der Waals surface area contributed by atoms with Crippen LogP contribution >= 0.6 is 35.2 Å². The number of ether oxygens (including phenoxy) is 1. The predicted molar refractivity (Wildman–Crippen MR) is 233 cm³/mol. The zero-order valence-electron chi connectivity index (χ0n) is 36.4. The van der Waals surface area contributed by atoms with E-state index in [4.69, 9.17) is 19.5 Å². The number of nitrogen functional groups attached to an aromatic ring is 1. The molecule has 64 heavy (non-hydrogen) atoms. The van der Waals surface area contributed by atoms with Gasteiger partial charge in [0.05, 0.1) is 19.5 Å². The summed E-state index contributed by atoms with van der Waals surface area (Å²) in [7, 11) is -16.4. The second-order valence-electron chi connectivity index (χ2n) is 16.1. The van der Waals surface area contributed by atoms with E-state index in [0.717, 1.165) is 48.2 Å². The van der Waals surface area contributed by atoms with Gasteiger partial charge < -0.3 is 50.9 Å². The molecule has 0 aliphatic carbocycles. The third-order valence-electron chi connectivity index (χ3n) is 10.1. The molecule has 1 aliphatic rings. The number of aromatic nitrogens is 4. The molecule has 2 aromatic heterocycles. The van der Waals surface area contributed by atoms with Gasteiger partial charge in [0.1, 0.15) is 36.3 Å². The average molecular weight is 992 g/mol. The Morgan fingerprint density at radius 1 is 0.938 bits per heavy atom. The highest BCUT2D eigenvalue weighted by Crippen LogP contribution is 2.61. The summed E-state index contributed by atoms with van der Waals surface area (Å²) in [5.41, 5.74) is 4.28. The molecule has 366 valence electrons. The summed E-state index contributed by atoms with van der Waals surface area (Å²) in [4.78, 5) is 88.6. The maximum absolute atomic E-state index is 12.7. The molecule has 3 heterocycles. The SMILES string of the molecule is CCCCCCCCCCCC[C@H](C)C(=O)SCCNC(=O)CCNC(=O)[C@H](O)C(C)(C)COP(=O)(O)OP(=O)(O)OC[C@H]1O[C@@H](n2cnc3c(N)ncnc32)[C@H](O)[C@@H]1OP(=O)(O)O. The number of nitrogens with zero attached hydrogens (tertiary/aromatic N) is 4. The Kier molecular flexibility index (Phi) is 22.9. The van der Waals surface area contributed by atoms with Gasteiger partial charge in [-0.1, -0.05) is 104 Å². The molecule has 3 rings (SSSR count). The summed E-state index contributed by atoms with van der Waals surface area (Å²) < 4.78 is 62.4. The van der Waals surface area contributed by atoms with Crippen LogP contribution in [-0.2, 0) is 50.7 Å². The molecule has 24 nitrogen and oxygen atoms in total. The molecule has 2 amide bonds. The number of phosphoric acid groups is 3. The maximum Gasteiger partial charge on any atom is 0.481 e. The lowest BCUT2D eigenvalue weighted by atomic mass is 9.87. The van der Waals surface area contributed by atoms with Gasteiger partial charge in [-0.15, -0.1) is 0 Å². The Labute approximate surface area is 376 Å². The first-order valence-corrected chi connectivity index (χ1v) is 26.5. The topological polar surface area (TPSA) is 364 Å². The van der Waals surface area contributed by atoms with Gasteiger partial charge in [0, 0.05) is 36.6 Å². The summed E-state index contributed by atoms with van der Waals surface area (Å²) in [6.45, 7) is 4.69. The smallest absolute Gasteiger partial charge is 0.386 e. The van der Waals surface area contributed by atoms with E-state index in [1.165, 1.54) is 65.2 Å². The van der Waals surface area contributed by atoms with E-state index in [1.54, 1.807) is 0 Å². The highest BCUT2D eigenvalue weighted by Gasteiger charge is 2.50. The van der Waals surface area contributed by atoms with Gasteiger partial charge in [-0.05, 0) is 6.42 Å². The Bertz CT molecular complexity index is 1960. The van der Waals surface area contributed by atoms with E-state index >= 15 is 0 Å². The average Bonchev–Trinajstić information content (AvgIpc) is 3.78. The minimum atomic E-state index is -5.57. The number of carbonyl (C=O) groups is 3. The van der Waals surface area contributed by atoms with Crippen LogP contribution in [0.25, 0.3) is 11.2 Å². The minimum Gasteiger partial charge on any atom is -0.386 e. The summed E-state index contributed by atoms with van der Waals surface area (Å²) in [5.74, 6) is -1.11. The van der Waals surface area contributed by atoms with Crippen LogP contribution < -0.4 is 16.4 Å². The van der Waals surface area contributed by atoms with Crippen LogP contribution in [0.4, 0.5) is 5.82 Å². The molecule has 0 radical (unpaired) electrons. The number of anilines is 1. The van der Waals surface area contributed by atoms with Crippen molar-refractivity contribution >= 4 is 69.1 Å². The van der Waals surface area contributed by atoms with Gasteiger partial charge in [-0.25, -0.2) is 28.6 Å². The molecule has 0 saturated carbocycles. The van der Waals surface area contributed by atoms with E-state index in [9.17, 15) is 57.9 Å². The summed E-state index contributed by atoms with van der Waals surface area (Å²) in [5, 5.41) is 26.7. The number of nitrogens with two attached hydrogens (primary N) is 1. The van der Waals surface area contributed by atoms with Crippen molar-refractivity contribution in [2.24, 2.45) is 11.3 Å². The molecule has 2 unspecified atom stereocenters. The first kappa shape index (κ1) is 55.9. The second kappa shape index (κ2) is 26.2. The highest BCUT2D eigenvalue weighted by atomic mass is 32.2. The van der Waals surface area contributed by atoms with Crippen molar-refractivity contribution in [3.05, 3.63) is 12.7 Å². The number of unbranched alkanes of at least 4 members (excludes halogenated alkanes) is 9. The lowest BCUT2D eigenvalue weighted by molar-refractivity contribution is -0.137. The molecule has 1 aliphatic heterocycles. The molecule has 1 saturated heterocycles. The van der Waals surface area contributed by atoms with Crippen LogP contribution in [0.3, 0.4) is 0 Å². The van der Waals surface area contributed by atoms with Crippen molar-refractivity contribution in [1.29, 1.82) is 0 Å². The van der Waals surface area contributed by atoms with Crippen LogP contribution in [-0.4, -0.2) is 123 Å². The number of aliphatic hydroxyl groups is 2.